The van der Waals surface area contributed by atoms with Crippen LogP contribution in [0, 0.1) is 17.2 Å². The Morgan fingerprint density at radius 2 is 1.90 bits per heavy atom. The lowest BCUT2D eigenvalue weighted by Crippen LogP contribution is -2.43. The van der Waals surface area contributed by atoms with Crippen LogP contribution in [0.15, 0.2) is 24.3 Å². The van der Waals surface area contributed by atoms with Gasteiger partial charge in [-0.25, -0.2) is 4.79 Å². The average Bonchev–Trinajstić information content (AvgIpc) is 2.45. The molecule has 0 unspecified atom stereocenters. The van der Waals surface area contributed by atoms with E-state index in [2.05, 4.69) is 5.32 Å². The van der Waals surface area contributed by atoms with Crippen molar-refractivity contribution in [3.8, 4) is 6.07 Å². The van der Waals surface area contributed by atoms with Gasteiger partial charge in [0.25, 0.3) is 0 Å². The maximum absolute atomic E-state index is 11.8. The predicted octanol–water partition coefficient (Wildman–Crippen LogP) is 1.80. The third-order valence-corrected chi connectivity index (χ3v) is 2.94. The molecular weight excluding hydrogens is 268 g/mol. The Bertz CT molecular complexity index is 529. The molecule has 1 N–H and O–H groups in total. The number of ether oxygens (including phenoxy) is 1. The molecule has 5 heteroatoms. The number of hydrogen-bond acceptors (Lipinski definition) is 4. The molecule has 0 aliphatic heterocycles. The van der Waals surface area contributed by atoms with Crippen LogP contribution in [0.4, 0.5) is 0 Å². The fourth-order valence-electron chi connectivity index (χ4n) is 1.91. The van der Waals surface area contributed by atoms with E-state index < -0.39 is 12.0 Å². The van der Waals surface area contributed by atoms with Crippen molar-refractivity contribution in [2.45, 2.75) is 32.7 Å². The van der Waals surface area contributed by atoms with E-state index >= 15 is 0 Å². The summed E-state index contributed by atoms with van der Waals surface area (Å²) in [7, 11) is 1.29. The summed E-state index contributed by atoms with van der Waals surface area (Å²) in [6.07, 6.45) is 0.698. The van der Waals surface area contributed by atoms with Crippen LogP contribution in [-0.2, 0) is 20.7 Å². The molecule has 0 radical (unpaired) electrons. The zero-order valence-electron chi connectivity index (χ0n) is 12.6. The molecule has 0 aliphatic rings. The van der Waals surface area contributed by atoms with Crippen LogP contribution in [0.1, 0.15) is 31.4 Å². The van der Waals surface area contributed by atoms with Gasteiger partial charge in [0.2, 0.25) is 5.91 Å². The average molecular weight is 288 g/mol. The molecule has 0 bridgehead atoms. The Balaban J connectivity index is 2.76. The first-order chi connectivity index (χ1) is 9.96. The van der Waals surface area contributed by atoms with Gasteiger partial charge in [-0.3, -0.25) is 4.79 Å². The zero-order chi connectivity index (χ0) is 15.8. The van der Waals surface area contributed by atoms with Gasteiger partial charge in [0, 0.05) is 12.8 Å². The van der Waals surface area contributed by atoms with Crippen LogP contribution in [-0.4, -0.2) is 25.0 Å². The molecule has 112 valence electrons. The van der Waals surface area contributed by atoms with Crippen LogP contribution in [0.2, 0.25) is 0 Å². The third-order valence-electron chi connectivity index (χ3n) is 2.94. The van der Waals surface area contributed by atoms with E-state index in [0.717, 1.165) is 5.56 Å². The van der Waals surface area contributed by atoms with Crippen LogP contribution in [0.25, 0.3) is 0 Å². The van der Waals surface area contributed by atoms with E-state index in [-0.39, 0.29) is 11.8 Å². The molecule has 0 spiro atoms. The van der Waals surface area contributed by atoms with E-state index in [9.17, 15) is 9.59 Å². The van der Waals surface area contributed by atoms with Crippen molar-refractivity contribution in [3.05, 3.63) is 35.4 Å². The van der Waals surface area contributed by atoms with Crippen molar-refractivity contribution in [3.63, 3.8) is 0 Å². The second-order valence-corrected chi connectivity index (χ2v) is 5.25. The molecule has 5 nitrogen and oxygen atoms in total. The number of carbonyl (C=O) groups is 2. The SMILES string of the molecule is COC(=O)[C@H](Cc1ccc(C#N)cc1)NC(=O)CC(C)C. The lowest BCUT2D eigenvalue weighted by molar-refractivity contribution is -0.145. The second kappa shape index (κ2) is 8.05. The van der Waals surface area contributed by atoms with Crippen LogP contribution < -0.4 is 5.32 Å². The van der Waals surface area contributed by atoms with Gasteiger partial charge in [-0.05, 0) is 23.6 Å². The van der Waals surface area contributed by atoms with Gasteiger partial charge in [0.05, 0.1) is 18.7 Å². The number of esters is 1. The number of nitrogens with one attached hydrogen (secondary N) is 1. The maximum atomic E-state index is 11.8. The van der Waals surface area contributed by atoms with Crippen molar-refractivity contribution >= 4 is 11.9 Å². The summed E-state index contributed by atoms with van der Waals surface area (Å²) in [6.45, 7) is 3.88. The van der Waals surface area contributed by atoms with Crippen molar-refractivity contribution in [1.82, 2.24) is 5.32 Å². The summed E-state index contributed by atoms with van der Waals surface area (Å²) >= 11 is 0. The first kappa shape index (κ1) is 16.7. The molecular formula is C16H20N2O3. The van der Waals surface area contributed by atoms with Crippen LogP contribution >= 0.6 is 0 Å². The molecule has 1 atom stereocenters. The lowest BCUT2D eigenvalue weighted by Gasteiger charge is -2.17. The van der Waals surface area contributed by atoms with Crippen molar-refractivity contribution in [2.75, 3.05) is 7.11 Å². The fourth-order valence-corrected chi connectivity index (χ4v) is 1.91. The molecule has 0 fully saturated rings. The summed E-state index contributed by atoms with van der Waals surface area (Å²) in [4.78, 5) is 23.6. The van der Waals surface area contributed by atoms with E-state index in [4.69, 9.17) is 10.00 Å². The monoisotopic (exact) mass is 288 g/mol. The maximum Gasteiger partial charge on any atom is 0.328 e. The second-order valence-electron chi connectivity index (χ2n) is 5.25. The number of hydrogen-bond donors (Lipinski definition) is 1. The van der Waals surface area contributed by atoms with Crippen LogP contribution in [0.5, 0.6) is 0 Å². The molecule has 1 aromatic rings. The highest BCUT2D eigenvalue weighted by atomic mass is 16.5. The van der Waals surface area contributed by atoms with E-state index in [1.807, 2.05) is 19.9 Å². The summed E-state index contributed by atoms with van der Waals surface area (Å²) in [5.74, 6) is -0.427. The van der Waals surface area contributed by atoms with Gasteiger partial charge >= 0.3 is 5.97 Å². The number of amides is 1. The Morgan fingerprint density at radius 1 is 1.29 bits per heavy atom. The Hall–Kier alpha value is -2.35. The van der Waals surface area contributed by atoms with Crippen molar-refractivity contribution < 1.29 is 14.3 Å². The number of carbonyl (C=O) groups excluding carboxylic acids is 2. The molecule has 1 amide bonds. The Kier molecular flexibility index (Phi) is 6.41. The van der Waals surface area contributed by atoms with Gasteiger partial charge in [0.15, 0.2) is 0 Å². The lowest BCUT2D eigenvalue weighted by atomic mass is 10.0. The topological polar surface area (TPSA) is 79.2 Å². The normalized spacial score (nSPS) is 11.6. The van der Waals surface area contributed by atoms with Gasteiger partial charge in [-0.1, -0.05) is 26.0 Å². The van der Waals surface area contributed by atoms with E-state index in [1.165, 1.54) is 7.11 Å². The summed E-state index contributed by atoms with van der Waals surface area (Å²) in [6, 6.07) is 8.21. The minimum Gasteiger partial charge on any atom is -0.467 e. The first-order valence-corrected chi connectivity index (χ1v) is 6.82. The number of nitrogens with zero attached hydrogens (tertiary/aromatic N) is 1. The van der Waals surface area contributed by atoms with E-state index in [0.29, 0.717) is 18.4 Å². The highest BCUT2D eigenvalue weighted by Gasteiger charge is 2.22. The molecule has 1 rings (SSSR count). The molecule has 1 aromatic carbocycles. The van der Waals surface area contributed by atoms with Crippen molar-refractivity contribution in [2.24, 2.45) is 5.92 Å². The minimum absolute atomic E-state index is 0.172. The smallest absolute Gasteiger partial charge is 0.328 e. The molecule has 0 aromatic heterocycles. The number of nitriles is 1. The quantitative estimate of drug-likeness (QED) is 0.810. The highest BCUT2D eigenvalue weighted by Crippen LogP contribution is 2.08. The van der Waals surface area contributed by atoms with Gasteiger partial charge in [-0.2, -0.15) is 5.26 Å². The Labute approximate surface area is 124 Å². The summed E-state index contributed by atoms with van der Waals surface area (Å²) < 4.78 is 4.73. The molecule has 0 aliphatic carbocycles. The Morgan fingerprint density at radius 3 is 2.38 bits per heavy atom. The summed E-state index contributed by atoms with van der Waals surface area (Å²) in [5, 5.41) is 11.5. The number of methoxy groups -OCH3 is 1. The molecule has 0 saturated carbocycles. The highest BCUT2D eigenvalue weighted by molar-refractivity contribution is 5.84. The van der Waals surface area contributed by atoms with Crippen molar-refractivity contribution in [1.29, 1.82) is 5.26 Å². The largest absolute Gasteiger partial charge is 0.467 e. The van der Waals surface area contributed by atoms with Gasteiger partial charge in [-0.15, -0.1) is 0 Å². The van der Waals surface area contributed by atoms with Gasteiger partial charge in [0.1, 0.15) is 6.04 Å². The zero-order valence-corrected chi connectivity index (χ0v) is 12.6. The number of rotatable bonds is 6. The standard InChI is InChI=1S/C16H20N2O3/c1-11(2)8-15(19)18-14(16(20)21-3)9-12-4-6-13(10-17)7-5-12/h4-7,11,14H,8-9H2,1-3H3,(H,18,19)/t14-/m0/s1. The van der Waals surface area contributed by atoms with Gasteiger partial charge < -0.3 is 10.1 Å². The fraction of sp³-hybridized carbons (Fsp3) is 0.438. The van der Waals surface area contributed by atoms with E-state index in [1.54, 1.807) is 24.3 Å². The molecule has 0 saturated heterocycles. The predicted molar refractivity (Wildman–Crippen MR) is 78.3 cm³/mol. The van der Waals surface area contributed by atoms with Crippen LogP contribution in [0.3, 0.4) is 0 Å². The number of benzene rings is 1. The minimum atomic E-state index is -0.714. The first-order valence-electron chi connectivity index (χ1n) is 6.82. The molecule has 21 heavy (non-hydrogen) atoms. The summed E-state index contributed by atoms with van der Waals surface area (Å²) in [5.41, 5.74) is 1.41. The third kappa shape index (κ3) is 5.65. The molecule has 0 heterocycles.